The first-order valence-corrected chi connectivity index (χ1v) is 8.44. The van der Waals surface area contributed by atoms with Gasteiger partial charge in [-0.2, -0.15) is 0 Å². The molecular weight excluding hydrogens is 403 g/mol. The molecule has 2 aromatic carbocycles. The molecular formula is C16H15Br2ClO. The number of hydrogen-bond acceptors (Lipinski definition) is 1. The summed E-state index contributed by atoms with van der Waals surface area (Å²) < 4.78 is 6.50. The summed E-state index contributed by atoms with van der Waals surface area (Å²) in [6.45, 7) is 4.70. The predicted octanol–water partition coefficient (Wildman–Crippen LogP) is 6.29. The van der Waals surface area contributed by atoms with Crippen molar-refractivity contribution in [2.45, 2.75) is 18.7 Å². The third-order valence-corrected chi connectivity index (χ3v) is 4.93. The summed E-state index contributed by atoms with van der Waals surface area (Å²) in [6, 6.07) is 12.1. The fraction of sp³-hybridized carbons (Fsp3) is 0.250. The first-order valence-electron chi connectivity index (χ1n) is 6.35. The van der Waals surface area contributed by atoms with Gasteiger partial charge in [0, 0.05) is 5.02 Å². The molecule has 0 saturated carbocycles. The first-order chi connectivity index (χ1) is 9.52. The Morgan fingerprint density at radius 2 is 1.95 bits per heavy atom. The maximum Gasteiger partial charge on any atom is 0.133 e. The molecule has 0 N–H and O–H groups in total. The van der Waals surface area contributed by atoms with Gasteiger partial charge in [-0.3, -0.25) is 0 Å². The lowest BCUT2D eigenvalue weighted by molar-refractivity contribution is 0.338. The van der Waals surface area contributed by atoms with Crippen molar-refractivity contribution in [1.82, 2.24) is 0 Å². The highest BCUT2D eigenvalue weighted by Gasteiger charge is 2.14. The van der Waals surface area contributed by atoms with Crippen LogP contribution in [0.15, 0.2) is 40.9 Å². The number of hydrogen-bond donors (Lipinski definition) is 0. The maximum atomic E-state index is 6.01. The number of rotatable bonds is 4. The van der Waals surface area contributed by atoms with Crippen molar-refractivity contribution in [3.63, 3.8) is 0 Å². The van der Waals surface area contributed by atoms with Crippen LogP contribution in [0.4, 0.5) is 0 Å². The molecule has 0 spiro atoms. The maximum absolute atomic E-state index is 6.01. The summed E-state index contributed by atoms with van der Waals surface area (Å²) in [5, 5.41) is 0.763. The van der Waals surface area contributed by atoms with Crippen molar-refractivity contribution < 1.29 is 4.74 Å². The molecule has 1 unspecified atom stereocenters. The molecule has 0 bridgehead atoms. The Morgan fingerprint density at radius 3 is 2.55 bits per heavy atom. The minimum atomic E-state index is 0.131. The summed E-state index contributed by atoms with van der Waals surface area (Å²) in [5.41, 5.74) is 3.56. The lowest BCUT2D eigenvalue weighted by atomic mass is 10.0. The van der Waals surface area contributed by atoms with E-state index in [1.807, 2.05) is 25.1 Å². The highest BCUT2D eigenvalue weighted by Crippen LogP contribution is 2.37. The van der Waals surface area contributed by atoms with Gasteiger partial charge >= 0.3 is 0 Å². The van der Waals surface area contributed by atoms with Crippen LogP contribution in [-0.4, -0.2) is 6.61 Å². The highest BCUT2D eigenvalue weighted by atomic mass is 79.9. The Hall–Kier alpha value is -0.510. The molecule has 0 aliphatic carbocycles. The van der Waals surface area contributed by atoms with E-state index in [1.54, 1.807) is 0 Å². The molecule has 1 atom stereocenters. The molecule has 0 amide bonds. The Balaban J connectivity index is 2.33. The van der Waals surface area contributed by atoms with Crippen LogP contribution >= 0.6 is 43.5 Å². The molecule has 20 heavy (non-hydrogen) atoms. The molecule has 4 heteroatoms. The number of ether oxygens (including phenoxy) is 1. The van der Waals surface area contributed by atoms with Gasteiger partial charge in [-0.1, -0.05) is 39.7 Å². The molecule has 0 aromatic heterocycles. The van der Waals surface area contributed by atoms with Crippen molar-refractivity contribution >= 4 is 43.5 Å². The van der Waals surface area contributed by atoms with E-state index < -0.39 is 0 Å². The lowest BCUT2D eigenvalue weighted by Gasteiger charge is -2.15. The second-order valence-corrected chi connectivity index (χ2v) is 6.69. The summed E-state index contributed by atoms with van der Waals surface area (Å²) in [6.07, 6.45) is 0. The minimum absolute atomic E-state index is 0.131. The van der Waals surface area contributed by atoms with E-state index in [-0.39, 0.29) is 4.83 Å². The summed E-state index contributed by atoms with van der Waals surface area (Å²) in [4.78, 5) is 0.131. The van der Waals surface area contributed by atoms with Crippen molar-refractivity contribution in [1.29, 1.82) is 0 Å². The van der Waals surface area contributed by atoms with Crippen LogP contribution in [0, 0.1) is 6.92 Å². The van der Waals surface area contributed by atoms with E-state index >= 15 is 0 Å². The second-order valence-electron chi connectivity index (χ2n) is 4.49. The quantitative estimate of drug-likeness (QED) is 0.530. The van der Waals surface area contributed by atoms with Crippen molar-refractivity contribution in [3.8, 4) is 5.75 Å². The lowest BCUT2D eigenvalue weighted by Crippen LogP contribution is -1.98. The highest BCUT2D eigenvalue weighted by molar-refractivity contribution is 9.10. The fourth-order valence-corrected chi connectivity index (χ4v) is 3.59. The average Bonchev–Trinajstić information content (AvgIpc) is 2.40. The molecule has 0 radical (unpaired) electrons. The van der Waals surface area contributed by atoms with Crippen molar-refractivity contribution in [2.75, 3.05) is 6.61 Å². The zero-order valence-corrected chi connectivity index (χ0v) is 15.2. The number of halogens is 3. The average molecular weight is 419 g/mol. The zero-order valence-electron chi connectivity index (χ0n) is 11.3. The molecule has 2 rings (SSSR count). The summed E-state index contributed by atoms with van der Waals surface area (Å²) in [7, 11) is 0. The van der Waals surface area contributed by atoms with Gasteiger partial charge in [0.2, 0.25) is 0 Å². The van der Waals surface area contributed by atoms with Gasteiger partial charge in [-0.25, -0.2) is 0 Å². The molecule has 0 aliphatic rings. The number of alkyl halides is 1. The van der Waals surface area contributed by atoms with Gasteiger partial charge in [0.1, 0.15) is 5.75 Å². The van der Waals surface area contributed by atoms with E-state index in [4.69, 9.17) is 16.3 Å². The smallest absolute Gasteiger partial charge is 0.133 e. The SMILES string of the molecule is CCOc1ccc(C(Br)c2ccc(Cl)cc2C)cc1Br. The Kier molecular flexibility index (Phi) is 5.53. The van der Waals surface area contributed by atoms with Crippen LogP contribution < -0.4 is 4.74 Å². The van der Waals surface area contributed by atoms with E-state index in [9.17, 15) is 0 Å². The summed E-state index contributed by atoms with van der Waals surface area (Å²) in [5.74, 6) is 0.865. The topological polar surface area (TPSA) is 9.23 Å². The van der Waals surface area contributed by atoms with Gasteiger partial charge in [-0.05, 0) is 70.7 Å². The number of benzene rings is 2. The largest absolute Gasteiger partial charge is 0.493 e. The first kappa shape index (κ1) is 15.9. The molecule has 0 heterocycles. The van der Waals surface area contributed by atoms with Crippen LogP contribution in [0.5, 0.6) is 5.75 Å². The van der Waals surface area contributed by atoms with Crippen LogP contribution in [0.2, 0.25) is 5.02 Å². The van der Waals surface area contributed by atoms with Gasteiger partial charge < -0.3 is 4.74 Å². The van der Waals surface area contributed by atoms with E-state index in [0.717, 1.165) is 15.2 Å². The second kappa shape index (κ2) is 6.97. The van der Waals surface area contributed by atoms with E-state index in [1.165, 1.54) is 16.7 Å². The van der Waals surface area contributed by atoms with Crippen LogP contribution in [0.25, 0.3) is 0 Å². The van der Waals surface area contributed by atoms with Crippen LogP contribution in [-0.2, 0) is 0 Å². The standard InChI is InChI=1S/C16H15Br2ClO/c1-3-20-15-7-4-11(9-14(15)17)16(18)13-6-5-12(19)8-10(13)2/h4-9,16H,3H2,1-2H3. The van der Waals surface area contributed by atoms with Gasteiger partial charge in [-0.15, -0.1) is 0 Å². The van der Waals surface area contributed by atoms with Crippen LogP contribution in [0.3, 0.4) is 0 Å². The monoisotopic (exact) mass is 416 g/mol. The number of aryl methyl sites for hydroxylation is 1. The molecule has 0 aliphatic heterocycles. The van der Waals surface area contributed by atoms with Gasteiger partial charge in [0.25, 0.3) is 0 Å². The molecule has 1 nitrogen and oxygen atoms in total. The van der Waals surface area contributed by atoms with Crippen molar-refractivity contribution in [3.05, 3.63) is 62.6 Å². The molecule has 0 fully saturated rings. The van der Waals surface area contributed by atoms with E-state index in [2.05, 4.69) is 57.0 Å². The Labute approximate surface area is 141 Å². The van der Waals surface area contributed by atoms with Gasteiger partial charge in [0.15, 0.2) is 0 Å². The molecule has 106 valence electrons. The Bertz CT molecular complexity index is 613. The fourth-order valence-electron chi connectivity index (χ4n) is 2.05. The molecule has 0 saturated heterocycles. The van der Waals surface area contributed by atoms with E-state index in [0.29, 0.717) is 6.61 Å². The van der Waals surface area contributed by atoms with Crippen LogP contribution in [0.1, 0.15) is 28.4 Å². The van der Waals surface area contributed by atoms with Crippen molar-refractivity contribution in [2.24, 2.45) is 0 Å². The minimum Gasteiger partial charge on any atom is -0.493 e. The normalized spacial score (nSPS) is 12.2. The Morgan fingerprint density at radius 1 is 1.20 bits per heavy atom. The third kappa shape index (κ3) is 3.57. The zero-order chi connectivity index (χ0) is 14.7. The predicted molar refractivity (Wildman–Crippen MR) is 92.3 cm³/mol. The third-order valence-electron chi connectivity index (χ3n) is 3.05. The van der Waals surface area contributed by atoms with Gasteiger partial charge in [0.05, 0.1) is 15.9 Å². The molecule has 2 aromatic rings. The summed E-state index contributed by atoms with van der Waals surface area (Å²) >= 11 is 13.3.